The Labute approximate surface area is 236 Å². The highest BCUT2D eigenvalue weighted by atomic mass is 16.5. The van der Waals surface area contributed by atoms with Gasteiger partial charge in [-0.25, -0.2) is 0 Å². The van der Waals surface area contributed by atoms with Crippen LogP contribution in [-0.2, 0) is 30.3 Å². The van der Waals surface area contributed by atoms with Gasteiger partial charge in [-0.2, -0.15) is 0 Å². The van der Waals surface area contributed by atoms with E-state index in [4.69, 9.17) is 18.9 Å². The topological polar surface area (TPSA) is 120 Å². The maximum Gasteiger partial charge on any atom is 0.263 e. The lowest BCUT2D eigenvalue weighted by Crippen LogP contribution is -2.57. The monoisotopic (exact) mass is 552 g/mol. The molecule has 0 saturated heterocycles. The Morgan fingerprint density at radius 3 is 1.20 bits per heavy atom. The second-order valence-corrected chi connectivity index (χ2v) is 11.0. The van der Waals surface area contributed by atoms with E-state index in [0.29, 0.717) is 22.6 Å². The summed E-state index contributed by atoms with van der Waals surface area (Å²) in [5.74, 6) is 0.475. The highest BCUT2D eigenvalue weighted by Crippen LogP contribution is 2.30. The van der Waals surface area contributed by atoms with Crippen molar-refractivity contribution in [3.8, 4) is 11.5 Å². The van der Waals surface area contributed by atoms with Crippen molar-refractivity contribution in [2.24, 2.45) is 9.98 Å². The number of nitrogens with zero attached hydrogens (tertiary/aromatic N) is 2. The second kappa shape index (κ2) is 12.2. The van der Waals surface area contributed by atoms with E-state index in [-0.39, 0.29) is 13.1 Å². The van der Waals surface area contributed by atoms with E-state index in [1.54, 1.807) is 62.8 Å². The minimum Gasteiger partial charge on any atom is -0.497 e. The molecular weight excluding hydrogens is 512 g/mol. The number of hydrogen-bond donors (Lipinski definition) is 2. The van der Waals surface area contributed by atoms with Crippen LogP contribution in [0.1, 0.15) is 38.8 Å². The van der Waals surface area contributed by atoms with Crippen molar-refractivity contribution in [2.45, 2.75) is 50.0 Å². The molecule has 10 nitrogen and oxygen atoms in total. The number of ether oxygens (including phenoxy) is 4. The van der Waals surface area contributed by atoms with Crippen molar-refractivity contribution < 1.29 is 28.5 Å². The highest BCUT2D eigenvalue weighted by Gasteiger charge is 2.44. The molecular formula is C30H40N4O6. The van der Waals surface area contributed by atoms with Gasteiger partial charge < -0.3 is 29.6 Å². The SMILES string of the molecule is COc1ccc(C2(OC)C=NCC(C)(C)NC(=O)C(OC)(c3ccc(OC)cc3)C=NCC(C)(C)NC2=O)cc1. The van der Waals surface area contributed by atoms with Crippen molar-refractivity contribution >= 4 is 24.2 Å². The molecule has 0 aliphatic carbocycles. The first-order valence-corrected chi connectivity index (χ1v) is 12.9. The molecule has 0 aromatic heterocycles. The molecule has 1 aliphatic rings. The minimum absolute atomic E-state index is 0.149. The van der Waals surface area contributed by atoms with Crippen molar-refractivity contribution in [1.82, 2.24) is 10.6 Å². The molecule has 1 aliphatic heterocycles. The average Bonchev–Trinajstić information content (AvgIpc) is 2.92. The number of carbonyl (C=O) groups excluding carboxylic acids is 2. The molecule has 0 saturated carbocycles. The van der Waals surface area contributed by atoms with Gasteiger partial charge in [0, 0.05) is 26.6 Å². The van der Waals surface area contributed by atoms with E-state index < -0.39 is 34.1 Å². The lowest BCUT2D eigenvalue weighted by atomic mass is 9.90. The van der Waals surface area contributed by atoms with E-state index >= 15 is 0 Å². The summed E-state index contributed by atoms with van der Waals surface area (Å²) < 4.78 is 22.3. The van der Waals surface area contributed by atoms with Crippen LogP contribution in [-0.4, -0.2) is 76.9 Å². The van der Waals surface area contributed by atoms with Crippen molar-refractivity contribution in [3.05, 3.63) is 59.7 Å². The van der Waals surface area contributed by atoms with Crippen LogP contribution >= 0.6 is 0 Å². The molecule has 1 heterocycles. The zero-order chi connectivity index (χ0) is 29.6. The van der Waals surface area contributed by atoms with Crippen molar-refractivity contribution in [2.75, 3.05) is 41.5 Å². The quantitative estimate of drug-likeness (QED) is 0.569. The molecule has 0 fully saturated rings. The molecule has 0 bridgehead atoms. The van der Waals surface area contributed by atoms with Crippen molar-refractivity contribution in [3.63, 3.8) is 0 Å². The molecule has 0 spiro atoms. The summed E-state index contributed by atoms with van der Waals surface area (Å²) in [7, 11) is 6.06. The maximum absolute atomic E-state index is 13.9. The number of nitrogens with one attached hydrogen (secondary N) is 2. The lowest BCUT2D eigenvalue weighted by molar-refractivity contribution is -0.139. The molecule has 2 atom stereocenters. The highest BCUT2D eigenvalue weighted by molar-refractivity contribution is 6.04. The fourth-order valence-electron chi connectivity index (χ4n) is 4.42. The van der Waals surface area contributed by atoms with Gasteiger partial charge in [0.1, 0.15) is 11.5 Å². The Balaban J connectivity index is 2.10. The van der Waals surface area contributed by atoms with Crippen LogP contribution in [0, 0.1) is 0 Å². The fraction of sp³-hybridized carbons (Fsp3) is 0.467. The van der Waals surface area contributed by atoms with Gasteiger partial charge in [-0.05, 0) is 63.1 Å². The smallest absolute Gasteiger partial charge is 0.263 e. The van der Waals surface area contributed by atoms with Gasteiger partial charge >= 0.3 is 0 Å². The van der Waals surface area contributed by atoms with E-state index in [1.807, 2.05) is 27.7 Å². The van der Waals surface area contributed by atoms with Gasteiger partial charge in [0.25, 0.3) is 11.8 Å². The second-order valence-electron chi connectivity index (χ2n) is 11.0. The van der Waals surface area contributed by atoms with Gasteiger partial charge in [-0.1, -0.05) is 24.3 Å². The predicted molar refractivity (Wildman–Crippen MR) is 155 cm³/mol. The van der Waals surface area contributed by atoms with Crippen LogP contribution in [0.3, 0.4) is 0 Å². The summed E-state index contributed by atoms with van der Waals surface area (Å²) in [6, 6.07) is 14.1. The Morgan fingerprint density at radius 1 is 0.600 bits per heavy atom. The summed E-state index contributed by atoms with van der Waals surface area (Å²) >= 11 is 0. The van der Waals surface area contributed by atoms with E-state index in [1.165, 1.54) is 26.6 Å². The van der Waals surface area contributed by atoms with Crippen LogP contribution in [0.4, 0.5) is 0 Å². The molecule has 2 aromatic carbocycles. The first kappa shape index (κ1) is 30.8. The number of carbonyl (C=O) groups is 2. The zero-order valence-electron chi connectivity index (χ0n) is 24.5. The lowest BCUT2D eigenvalue weighted by Gasteiger charge is -2.36. The third kappa shape index (κ3) is 6.51. The summed E-state index contributed by atoms with van der Waals surface area (Å²) in [6.07, 6.45) is 2.96. The van der Waals surface area contributed by atoms with Gasteiger partial charge in [-0.15, -0.1) is 0 Å². The van der Waals surface area contributed by atoms with Gasteiger partial charge in [0.15, 0.2) is 0 Å². The third-order valence-electron chi connectivity index (χ3n) is 6.78. The number of hydrogen-bond acceptors (Lipinski definition) is 8. The molecule has 40 heavy (non-hydrogen) atoms. The predicted octanol–water partition coefficient (Wildman–Crippen LogP) is 3.03. The Hall–Kier alpha value is -3.76. The van der Waals surface area contributed by atoms with E-state index in [0.717, 1.165) is 0 Å². The summed E-state index contributed by atoms with van der Waals surface area (Å²) in [5.41, 5.74) is -3.56. The Morgan fingerprint density at radius 2 is 0.925 bits per heavy atom. The molecule has 2 N–H and O–H groups in total. The first-order chi connectivity index (χ1) is 18.9. The number of methoxy groups -OCH3 is 4. The fourth-order valence-corrected chi connectivity index (χ4v) is 4.42. The molecule has 2 amide bonds. The van der Waals surface area contributed by atoms with Crippen LogP contribution in [0.5, 0.6) is 11.5 Å². The van der Waals surface area contributed by atoms with E-state index in [9.17, 15) is 9.59 Å². The van der Waals surface area contributed by atoms with Crippen molar-refractivity contribution in [1.29, 1.82) is 0 Å². The summed E-state index contributed by atoms with van der Waals surface area (Å²) in [4.78, 5) is 37.0. The third-order valence-corrected chi connectivity index (χ3v) is 6.78. The number of amides is 2. The maximum atomic E-state index is 13.9. The van der Waals surface area contributed by atoms with E-state index in [2.05, 4.69) is 20.6 Å². The molecule has 2 unspecified atom stereocenters. The zero-order valence-corrected chi connectivity index (χ0v) is 24.5. The van der Waals surface area contributed by atoms with Crippen LogP contribution in [0.15, 0.2) is 58.5 Å². The average molecular weight is 553 g/mol. The number of rotatable bonds is 6. The van der Waals surface area contributed by atoms with Crippen LogP contribution in [0.25, 0.3) is 0 Å². The van der Waals surface area contributed by atoms with Gasteiger partial charge in [0.2, 0.25) is 11.2 Å². The molecule has 216 valence electrons. The molecule has 2 aromatic rings. The molecule has 10 heteroatoms. The van der Waals surface area contributed by atoms with Crippen LogP contribution in [0.2, 0.25) is 0 Å². The molecule has 3 rings (SSSR count). The van der Waals surface area contributed by atoms with Crippen LogP contribution < -0.4 is 20.1 Å². The largest absolute Gasteiger partial charge is 0.497 e. The van der Waals surface area contributed by atoms with Gasteiger partial charge in [-0.3, -0.25) is 19.6 Å². The molecule has 0 radical (unpaired) electrons. The minimum atomic E-state index is -1.53. The summed E-state index contributed by atoms with van der Waals surface area (Å²) in [5, 5.41) is 6.11. The standard InChI is InChI=1S/C30H40N4O6/c1-27(2)17-31-19-30(40-8,22-11-15-24(38-6)16-12-22)26(36)34-28(3,4)18-32-20-29(39-7,25(35)33-27)21-9-13-23(37-5)14-10-21/h9-16,19-20H,17-18H2,1-8H3,(H,33,35)(H,34,36). The number of aliphatic imine (C=N–C) groups is 2. The Bertz CT molecular complexity index is 1140. The van der Waals surface area contributed by atoms with Gasteiger partial charge in [0.05, 0.1) is 38.4 Å². The summed E-state index contributed by atoms with van der Waals surface area (Å²) in [6.45, 7) is 7.65. The first-order valence-electron chi connectivity index (χ1n) is 12.9. The normalized spacial score (nSPS) is 24.9. The number of benzene rings is 2. The Kier molecular flexibility index (Phi) is 9.37.